The Labute approximate surface area is 170 Å². The van der Waals surface area contributed by atoms with Gasteiger partial charge in [0.05, 0.1) is 24.9 Å². The Kier molecular flexibility index (Phi) is 6.44. The van der Waals surface area contributed by atoms with Gasteiger partial charge in [-0.1, -0.05) is 30.3 Å². The number of halogens is 1. The molecular weight excluding hydrogens is 376 g/mol. The van der Waals surface area contributed by atoms with Crippen LogP contribution in [0.5, 0.6) is 0 Å². The van der Waals surface area contributed by atoms with Crippen LogP contribution in [-0.2, 0) is 18.2 Å². The first-order valence-electron chi connectivity index (χ1n) is 9.09. The van der Waals surface area contributed by atoms with E-state index in [1.165, 1.54) is 5.56 Å². The number of nitrogens with zero attached hydrogens (tertiary/aromatic N) is 4. The van der Waals surface area contributed by atoms with Crippen molar-refractivity contribution in [2.75, 3.05) is 24.7 Å². The summed E-state index contributed by atoms with van der Waals surface area (Å²) in [5.74, 6) is 0.679. The molecule has 0 N–H and O–H groups in total. The van der Waals surface area contributed by atoms with E-state index in [0.29, 0.717) is 31.4 Å². The lowest BCUT2D eigenvalue weighted by Crippen LogP contribution is -2.49. The van der Waals surface area contributed by atoms with E-state index in [4.69, 9.17) is 9.72 Å². The van der Waals surface area contributed by atoms with Gasteiger partial charge in [0.15, 0.2) is 0 Å². The molecule has 0 radical (unpaired) electrons. The molecule has 0 saturated carbocycles. The molecule has 0 unspecified atom stereocenters. The van der Waals surface area contributed by atoms with Crippen LogP contribution in [0.3, 0.4) is 0 Å². The summed E-state index contributed by atoms with van der Waals surface area (Å²) in [5.41, 5.74) is 2.72. The summed E-state index contributed by atoms with van der Waals surface area (Å²) in [7, 11) is 1.77. The highest BCUT2D eigenvalue weighted by Crippen LogP contribution is 2.22. The van der Waals surface area contributed by atoms with Crippen LogP contribution in [0.1, 0.15) is 5.56 Å². The molecule has 0 amide bonds. The van der Waals surface area contributed by atoms with Gasteiger partial charge in [-0.15, -0.1) is 12.4 Å². The molecule has 1 saturated heterocycles. The molecule has 4 rings (SSSR count). The number of hydrogen-bond acceptors (Lipinski definition) is 5. The van der Waals surface area contributed by atoms with E-state index in [1.807, 2.05) is 30.3 Å². The fourth-order valence-electron chi connectivity index (χ4n) is 3.43. The summed E-state index contributed by atoms with van der Waals surface area (Å²) in [6.07, 6.45) is 4.26. The Morgan fingerprint density at radius 1 is 1.14 bits per heavy atom. The van der Waals surface area contributed by atoms with Crippen LogP contribution >= 0.6 is 12.4 Å². The maximum atomic E-state index is 12.6. The molecule has 6 nitrogen and oxygen atoms in total. The first kappa shape index (κ1) is 20.0. The van der Waals surface area contributed by atoms with Crippen LogP contribution < -0.4 is 10.5 Å². The average Bonchev–Trinajstić information content (AvgIpc) is 2.72. The lowest BCUT2D eigenvalue weighted by Gasteiger charge is -2.37. The van der Waals surface area contributed by atoms with Crippen molar-refractivity contribution in [1.29, 1.82) is 0 Å². The predicted molar refractivity (Wildman–Crippen MR) is 112 cm³/mol. The maximum absolute atomic E-state index is 12.6. The second kappa shape index (κ2) is 8.99. The molecule has 0 bridgehead atoms. The van der Waals surface area contributed by atoms with E-state index in [-0.39, 0.29) is 24.0 Å². The number of anilines is 1. The van der Waals surface area contributed by atoms with Crippen molar-refractivity contribution in [1.82, 2.24) is 14.5 Å². The van der Waals surface area contributed by atoms with E-state index in [2.05, 4.69) is 22.0 Å². The maximum Gasteiger partial charge on any atom is 0.255 e. The zero-order valence-corrected chi connectivity index (χ0v) is 16.5. The Hall–Kier alpha value is -2.70. The minimum atomic E-state index is -0.0724. The van der Waals surface area contributed by atoms with Gasteiger partial charge in [0.2, 0.25) is 5.95 Å². The van der Waals surface area contributed by atoms with Gasteiger partial charge in [-0.3, -0.25) is 14.3 Å². The molecule has 146 valence electrons. The van der Waals surface area contributed by atoms with Crippen LogP contribution in [0.25, 0.3) is 11.3 Å². The summed E-state index contributed by atoms with van der Waals surface area (Å²) in [5, 5.41) is 0. The Morgan fingerprint density at radius 2 is 1.89 bits per heavy atom. The Balaban J connectivity index is 0.00000225. The van der Waals surface area contributed by atoms with Crippen molar-refractivity contribution >= 4 is 18.4 Å². The number of rotatable bonds is 4. The third kappa shape index (κ3) is 4.24. The zero-order valence-electron chi connectivity index (χ0n) is 15.7. The van der Waals surface area contributed by atoms with Crippen molar-refractivity contribution in [3.8, 4) is 11.3 Å². The highest BCUT2D eigenvalue weighted by Gasteiger charge is 2.27. The zero-order chi connectivity index (χ0) is 18.6. The van der Waals surface area contributed by atoms with E-state index in [1.54, 1.807) is 30.1 Å². The summed E-state index contributed by atoms with van der Waals surface area (Å²) in [4.78, 5) is 23.7. The molecular formula is C21H23ClN4O2. The molecule has 0 aliphatic carbocycles. The van der Waals surface area contributed by atoms with Gasteiger partial charge in [0.1, 0.15) is 0 Å². The van der Waals surface area contributed by atoms with Crippen LogP contribution in [-0.4, -0.2) is 40.3 Å². The SMILES string of the molecule is Cl.Cn1c(N2CCOC[C@H]2Cc2ccccc2)nc(-c2ccncc2)cc1=O. The molecule has 1 aromatic carbocycles. The normalized spacial score (nSPS) is 16.5. The van der Waals surface area contributed by atoms with E-state index in [9.17, 15) is 4.79 Å². The molecule has 1 atom stereocenters. The second-order valence-corrected chi connectivity index (χ2v) is 6.69. The summed E-state index contributed by atoms with van der Waals surface area (Å²) in [6, 6.07) is 15.8. The van der Waals surface area contributed by atoms with Crippen LogP contribution in [0.15, 0.2) is 65.7 Å². The standard InChI is InChI=1S/C21H22N4O2.ClH/c1-24-20(26)14-19(17-7-9-22-10-8-17)23-21(24)25-11-12-27-15-18(25)13-16-5-3-2-4-6-16;/h2-10,14,18H,11-13,15H2,1H3;1H/t18-;/m1./s1. The van der Waals surface area contributed by atoms with E-state index in [0.717, 1.165) is 12.0 Å². The van der Waals surface area contributed by atoms with Gasteiger partial charge in [0.25, 0.3) is 5.56 Å². The number of pyridine rings is 1. The smallest absolute Gasteiger partial charge is 0.255 e. The molecule has 1 aliphatic heterocycles. The fourth-order valence-corrected chi connectivity index (χ4v) is 3.43. The number of benzene rings is 1. The molecule has 28 heavy (non-hydrogen) atoms. The first-order chi connectivity index (χ1) is 13.2. The van der Waals surface area contributed by atoms with E-state index < -0.39 is 0 Å². The lowest BCUT2D eigenvalue weighted by atomic mass is 10.0. The van der Waals surface area contributed by atoms with Gasteiger partial charge >= 0.3 is 0 Å². The van der Waals surface area contributed by atoms with Crippen molar-refractivity contribution in [3.05, 3.63) is 76.8 Å². The van der Waals surface area contributed by atoms with Gasteiger partial charge in [-0.25, -0.2) is 4.98 Å². The summed E-state index contributed by atoms with van der Waals surface area (Å²) >= 11 is 0. The van der Waals surface area contributed by atoms with Crippen LogP contribution in [0.2, 0.25) is 0 Å². The minimum absolute atomic E-state index is 0. The highest BCUT2D eigenvalue weighted by molar-refractivity contribution is 5.85. The topological polar surface area (TPSA) is 60.2 Å². The second-order valence-electron chi connectivity index (χ2n) is 6.69. The number of hydrogen-bond donors (Lipinski definition) is 0. The van der Waals surface area contributed by atoms with Crippen LogP contribution in [0, 0.1) is 0 Å². The monoisotopic (exact) mass is 398 g/mol. The van der Waals surface area contributed by atoms with E-state index >= 15 is 0 Å². The number of morpholine rings is 1. The van der Waals surface area contributed by atoms with Crippen molar-refractivity contribution in [3.63, 3.8) is 0 Å². The van der Waals surface area contributed by atoms with Gasteiger partial charge in [-0.2, -0.15) is 0 Å². The molecule has 0 spiro atoms. The molecule has 3 aromatic rings. The van der Waals surface area contributed by atoms with Crippen molar-refractivity contribution < 1.29 is 4.74 Å². The molecule has 1 aliphatic rings. The summed E-state index contributed by atoms with van der Waals surface area (Å²) < 4.78 is 7.34. The van der Waals surface area contributed by atoms with Gasteiger partial charge in [-0.05, 0) is 24.1 Å². The molecule has 3 heterocycles. The third-order valence-electron chi connectivity index (χ3n) is 4.89. The highest BCUT2D eigenvalue weighted by atomic mass is 35.5. The summed E-state index contributed by atoms with van der Waals surface area (Å²) in [6.45, 7) is 1.95. The fraction of sp³-hybridized carbons (Fsp3) is 0.286. The predicted octanol–water partition coefficient (Wildman–Crippen LogP) is 2.71. The molecule has 1 fully saturated rings. The number of ether oxygens (including phenoxy) is 1. The van der Waals surface area contributed by atoms with Gasteiger partial charge in [0, 0.05) is 37.6 Å². The minimum Gasteiger partial charge on any atom is -0.377 e. The van der Waals surface area contributed by atoms with Crippen molar-refractivity contribution in [2.24, 2.45) is 7.05 Å². The Morgan fingerprint density at radius 3 is 2.64 bits per heavy atom. The molecule has 7 heteroatoms. The first-order valence-corrected chi connectivity index (χ1v) is 9.09. The molecule has 2 aromatic heterocycles. The number of aromatic nitrogens is 3. The average molecular weight is 399 g/mol. The quantitative estimate of drug-likeness (QED) is 0.676. The largest absolute Gasteiger partial charge is 0.377 e. The van der Waals surface area contributed by atoms with Crippen molar-refractivity contribution in [2.45, 2.75) is 12.5 Å². The third-order valence-corrected chi connectivity index (χ3v) is 4.89. The Bertz CT molecular complexity index is 963. The van der Waals surface area contributed by atoms with Gasteiger partial charge < -0.3 is 9.64 Å². The van der Waals surface area contributed by atoms with Crippen LogP contribution in [0.4, 0.5) is 5.95 Å². The lowest BCUT2D eigenvalue weighted by molar-refractivity contribution is 0.0928.